The molecule has 5 heteroatoms. The number of carbonyl (C=O) groups is 1. The Balaban J connectivity index is 1.96. The molecule has 4 nitrogen and oxygen atoms in total. The summed E-state index contributed by atoms with van der Waals surface area (Å²) in [5.74, 6) is -0.528. The Morgan fingerprint density at radius 2 is 1.91 bits per heavy atom. The Hall–Kier alpha value is -2.59. The molecule has 0 atom stereocenters. The van der Waals surface area contributed by atoms with Crippen LogP contribution in [0.25, 0.3) is 11.0 Å². The summed E-state index contributed by atoms with van der Waals surface area (Å²) in [7, 11) is 0. The van der Waals surface area contributed by atoms with Crippen LogP contribution < -0.4 is 10.9 Å². The minimum absolute atomic E-state index is 0.0459. The van der Waals surface area contributed by atoms with Crippen molar-refractivity contribution < 1.29 is 9.21 Å². The maximum Gasteiger partial charge on any atom is 0.349 e. The van der Waals surface area contributed by atoms with E-state index in [0.29, 0.717) is 21.7 Å². The fourth-order valence-electron chi connectivity index (χ4n) is 2.09. The molecule has 0 saturated heterocycles. The third kappa shape index (κ3) is 2.73. The third-order valence-electron chi connectivity index (χ3n) is 3.32. The van der Waals surface area contributed by atoms with Crippen molar-refractivity contribution >= 4 is 34.2 Å². The van der Waals surface area contributed by atoms with Gasteiger partial charge in [-0.1, -0.05) is 35.9 Å². The van der Waals surface area contributed by atoms with Crippen molar-refractivity contribution in [1.29, 1.82) is 0 Å². The maximum atomic E-state index is 12.3. The summed E-state index contributed by atoms with van der Waals surface area (Å²) in [6.07, 6.45) is 0. The van der Waals surface area contributed by atoms with Gasteiger partial charge in [0.1, 0.15) is 11.1 Å². The molecule has 0 spiro atoms. The molecule has 0 aliphatic carbocycles. The molecule has 0 radical (unpaired) electrons. The zero-order chi connectivity index (χ0) is 15.7. The molecule has 0 aliphatic rings. The van der Waals surface area contributed by atoms with E-state index in [2.05, 4.69) is 5.32 Å². The molecule has 1 amide bonds. The molecular weight excluding hydrogens is 302 g/mol. The van der Waals surface area contributed by atoms with E-state index in [1.54, 1.807) is 36.4 Å². The van der Waals surface area contributed by atoms with Crippen molar-refractivity contribution in [2.45, 2.75) is 6.92 Å². The predicted molar refractivity (Wildman–Crippen MR) is 86.6 cm³/mol. The van der Waals surface area contributed by atoms with Crippen molar-refractivity contribution in [3.05, 3.63) is 75.1 Å². The SMILES string of the molecule is Cc1ccc(NC(=O)c2cc3ccccc3oc2=O)cc1Cl. The van der Waals surface area contributed by atoms with Crippen LogP contribution in [0, 0.1) is 6.92 Å². The van der Waals surface area contributed by atoms with Crippen LogP contribution in [0.15, 0.2) is 57.7 Å². The number of benzene rings is 2. The summed E-state index contributed by atoms with van der Waals surface area (Å²) < 4.78 is 5.15. The Morgan fingerprint density at radius 1 is 1.14 bits per heavy atom. The van der Waals surface area contributed by atoms with Crippen LogP contribution in [0.3, 0.4) is 0 Å². The van der Waals surface area contributed by atoms with Gasteiger partial charge in [0.25, 0.3) is 5.91 Å². The van der Waals surface area contributed by atoms with E-state index in [0.717, 1.165) is 5.56 Å². The minimum atomic E-state index is -0.672. The summed E-state index contributed by atoms with van der Waals surface area (Å²) in [6, 6.07) is 13.7. The lowest BCUT2D eigenvalue weighted by Gasteiger charge is -2.06. The number of amides is 1. The Kier molecular flexibility index (Phi) is 3.69. The second-order valence-corrected chi connectivity index (χ2v) is 5.31. The predicted octanol–water partition coefficient (Wildman–Crippen LogP) is 4.01. The fraction of sp³-hybridized carbons (Fsp3) is 0.0588. The Morgan fingerprint density at radius 3 is 2.68 bits per heavy atom. The Bertz CT molecular complexity index is 931. The first-order valence-corrected chi connectivity index (χ1v) is 7.03. The molecule has 1 N–H and O–H groups in total. The first-order chi connectivity index (χ1) is 10.5. The van der Waals surface area contributed by atoms with Gasteiger partial charge in [-0.25, -0.2) is 4.79 Å². The summed E-state index contributed by atoms with van der Waals surface area (Å²) in [6.45, 7) is 1.87. The summed E-state index contributed by atoms with van der Waals surface area (Å²) in [4.78, 5) is 24.2. The molecule has 3 rings (SSSR count). The normalized spacial score (nSPS) is 10.6. The van der Waals surface area contributed by atoms with Gasteiger partial charge >= 0.3 is 5.63 Å². The monoisotopic (exact) mass is 313 g/mol. The molecule has 0 bridgehead atoms. The summed E-state index contributed by atoms with van der Waals surface area (Å²) >= 11 is 6.02. The lowest BCUT2D eigenvalue weighted by atomic mass is 10.1. The standard InChI is InChI=1S/C17H12ClNO3/c1-10-6-7-12(9-14(10)18)19-16(20)13-8-11-4-2-3-5-15(11)22-17(13)21/h2-9H,1H3,(H,19,20). The van der Waals surface area contributed by atoms with Crippen LogP contribution in [0.2, 0.25) is 5.02 Å². The van der Waals surface area contributed by atoms with Crippen LogP contribution in [0.1, 0.15) is 15.9 Å². The highest BCUT2D eigenvalue weighted by Crippen LogP contribution is 2.20. The number of rotatable bonds is 2. The van der Waals surface area contributed by atoms with Crippen molar-refractivity contribution in [3.8, 4) is 0 Å². The number of para-hydroxylation sites is 1. The second kappa shape index (κ2) is 5.66. The fourth-order valence-corrected chi connectivity index (χ4v) is 2.27. The molecule has 0 unspecified atom stereocenters. The van der Waals surface area contributed by atoms with E-state index in [1.807, 2.05) is 13.0 Å². The highest BCUT2D eigenvalue weighted by molar-refractivity contribution is 6.31. The first kappa shape index (κ1) is 14.4. The minimum Gasteiger partial charge on any atom is -0.422 e. The van der Waals surface area contributed by atoms with Crippen LogP contribution in [-0.2, 0) is 0 Å². The molecule has 3 aromatic rings. The number of carbonyl (C=O) groups excluding carboxylic acids is 1. The number of aryl methyl sites for hydroxylation is 1. The largest absolute Gasteiger partial charge is 0.422 e. The van der Waals surface area contributed by atoms with Gasteiger partial charge < -0.3 is 9.73 Å². The highest BCUT2D eigenvalue weighted by atomic mass is 35.5. The second-order valence-electron chi connectivity index (χ2n) is 4.90. The van der Waals surface area contributed by atoms with Gasteiger partial charge in [0, 0.05) is 16.1 Å². The van der Waals surface area contributed by atoms with Crippen LogP contribution in [0.4, 0.5) is 5.69 Å². The lowest BCUT2D eigenvalue weighted by molar-refractivity contribution is 0.102. The van der Waals surface area contributed by atoms with E-state index in [4.69, 9.17) is 16.0 Å². The van der Waals surface area contributed by atoms with Crippen molar-refractivity contribution in [2.24, 2.45) is 0 Å². The molecule has 110 valence electrons. The topological polar surface area (TPSA) is 59.3 Å². The van der Waals surface area contributed by atoms with Gasteiger partial charge in [-0.15, -0.1) is 0 Å². The van der Waals surface area contributed by atoms with Crippen molar-refractivity contribution in [2.75, 3.05) is 5.32 Å². The molecule has 1 heterocycles. The van der Waals surface area contributed by atoms with E-state index in [9.17, 15) is 9.59 Å². The van der Waals surface area contributed by atoms with Crippen LogP contribution >= 0.6 is 11.6 Å². The maximum absolute atomic E-state index is 12.3. The molecule has 0 fully saturated rings. The molecular formula is C17H12ClNO3. The van der Waals surface area contributed by atoms with Gasteiger partial charge in [-0.2, -0.15) is 0 Å². The summed E-state index contributed by atoms with van der Waals surface area (Å²) in [5.41, 5.74) is 1.16. The van der Waals surface area contributed by atoms with Gasteiger partial charge in [0.15, 0.2) is 0 Å². The molecule has 0 aliphatic heterocycles. The average Bonchev–Trinajstić information content (AvgIpc) is 2.50. The number of halogens is 1. The van der Waals surface area contributed by atoms with Gasteiger partial charge in [0.05, 0.1) is 0 Å². The zero-order valence-electron chi connectivity index (χ0n) is 11.7. The molecule has 22 heavy (non-hydrogen) atoms. The number of nitrogens with one attached hydrogen (secondary N) is 1. The zero-order valence-corrected chi connectivity index (χ0v) is 12.5. The third-order valence-corrected chi connectivity index (χ3v) is 3.72. The smallest absolute Gasteiger partial charge is 0.349 e. The highest BCUT2D eigenvalue weighted by Gasteiger charge is 2.14. The first-order valence-electron chi connectivity index (χ1n) is 6.65. The molecule has 1 aromatic heterocycles. The van der Waals surface area contributed by atoms with Gasteiger partial charge in [0.2, 0.25) is 0 Å². The number of anilines is 1. The van der Waals surface area contributed by atoms with Crippen LogP contribution in [-0.4, -0.2) is 5.91 Å². The lowest BCUT2D eigenvalue weighted by Crippen LogP contribution is -2.20. The molecule has 0 saturated carbocycles. The molecule has 2 aromatic carbocycles. The Labute approximate surface area is 131 Å². The quantitative estimate of drug-likeness (QED) is 0.727. The van der Waals surface area contributed by atoms with E-state index in [-0.39, 0.29) is 5.56 Å². The van der Waals surface area contributed by atoms with E-state index < -0.39 is 11.5 Å². The number of hydrogen-bond donors (Lipinski definition) is 1. The van der Waals surface area contributed by atoms with Crippen molar-refractivity contribution in [1.82, 2.24) is 0 Å². The average molecular weight is 314 g/mol. The van der Waals surface area contributed by atoms with Crippen molar-refractivity contribution in [3.63, 3.8) is 0 Å². The van der Waals surface area contributed by atoms with Gasteiger partial charge in [-0.3, -0.25) is 4.79 Å². The number of hydrogen-bond acceptors (Lipinski definition) is 3. The van der Waals surface area contributed by atoms with Gasteiger partial charge in [-0.05, 0) is 36.8 Å². The van der Waals surface area contributed by atoms with E-state index >= 15 is 0 Å². The summed E-state index contributed by atoms with van der Waals surface area (Å²) in [5, 5.41) is 3.88. The van der Waals surface area contributed by atoms with Crippen LogP contribution in [0.5, 0.6) is 0 Å². The van der Waals surface area contributed by atoms with E-state index in [1.165, 1.54) is 6.07 Å². The number of fused-ring (bicyclic) bond motifs is 1.